The third-order valence-corrected chi connectivity index (χ3v) is 8.04. The Morgan fingerprint density at radius 1 is 0.974 bits per heavy atom. The minimum absolute atomic E-state index is 0.0376. The number of ether oxygens (including phenoxy) is 4. The molecular weight excluding hydrogens is 476 g/mol. The van der Waals surface area contributed by atoms with Gasteiger partial charge in [-0.2, -0.15) is 0 Å². The highest BCUT2D eigenvalue weighted by Crippen LogP contribution is 2.36. The molecule has 2 rings (SSSR count). The summed E-state index contributed by atoms with van der Waals surface area (Å²) in [5, 5.41) is 7.67. The molecule has 0 saturated carbocycles. The highest BCUT2D eigenvalue weighted by Gasteiger charge is 2.50. The van der Waals surface area contributed by atoms with Gasteiger partial charge in [0.15, 0.2) is 5.79 Å². The van der Waals surface area contributed by atoms with Gasteiger partial charge in [-0.3, -0.25) is 5.32 Å². The molecule has 0 aromatic rings. The molecule has 0 aliphatic carbocycles. The molecule has 4 unspecified atom stereocenters. The third kappa shape index (κ3) is 12.8. The van der Waals surface area contributed by atoms with E-state index in [0.717, 1.165) is 38.1 Å². The smallest absolute Gasteiger partial charge is 0.165 e. The van der Waals surface area contributed by atoms with Crippen LogP contribution in [0.4, 0.5) is 0 Å². The Hall–Kier alpha value is -0.500. The lowest BCUT2D eigenvalue weighted by atomic mass is 9.87. The average Bonchev–Trinajstić information content (AvgIpc) is 2.86. The van der Waals surface area contributed by atoms with E-state index in [1.54, 1.807) is 0 Å². The van der Waals surface area contributed by atoms with E-state index in [1.165, 1.54) is 50.5 Å². The van der Waals surface area contributed by atoms with Crippen LogP contribution >= 0.6 is 0 Å². The molecule has 2 fully saturated rings. The van der Waals surface area contributed by atoms with E-state index in [-0.39, 0.29) is 12.1 Å². The fourth-order valence-electron chi connectivity index (χ4n) is 5.84. The van der Waals surface area contributed by atoms with Crippen molar-refractivity contribution < 1.29 is 18.9 Å². The van der Waals surface area contributed by atoms with Crippen LogP contribution in [0.15, 0.2) is 11.6 Å². The topological polar surface area (TPSA) is 61.0 Å². The first-order valence-electron chi connectivity index (χ1n) is 15.6. The second kappa shape index (κ2) is 18.0. The summed E-state index contributed by atoms with van der Waals surface area (Å²) in [6.07, 6.45) is 18.4. The number of hydrogen-bond acceptors (Lipinski definition) is 6. The average molecular weight is 538 g/mol. The molecule has 2 heterocycles. The summed E-state index contributed by atoms with van der Waals surface area (Å²) < 4.78 is 24.3. The third-order valence-electron chi connectivity index (χ3n) is 8.04. The maximum atomic E-state index is 6.82. The first-order valence-corrected chi connectivity index (χ1v) is 15.6. The summed E-state index contributed by atoms with van der Waals surface area (Å²) in [5.41, 5.74) is 0.825. The molecule has 2 saturated heterocycles. The molecule has 2 aliphatic heterocycles. The van der Waals surface area contributed by atoms with Gasteiger partial charge in [-0.25, -0.2) is 0 Å². The molecule has 4 atom stereocenters. The van der Waals surface area contributed by atoms with E-state index in [4.69, 9.17) is 18.9 Å². The predicted octanol–water partition coefficient (Wildman–Crippen LogP) is 7.14. The van der Waals surface area contributed by atoms with Crippen LogP contribution < -0.4 is 10.6 Å². The molecule has 6 nitrogen and oxygen atoms in total. The Labute approximate surface area is 235 Å². The van der Waals surface area contributed by atoms with Crippen molar-refractivity contribution >= 4 is 0 Å². The maximum absolute atomic E-state index is 6.82. The molecule has 2 aliphatic rings. The zero-order valence-corrected chi connectivity index (χ0v) is 25.9. The monoisotopic (exact) mass is 537 g/mol. The fraction of sp³-hybridized carbons (Fsp3) is 0.906. The lowest BCUT2D eigenvalue weighted by Gasteiger charge is -2.53. The van der Waals surface area contributed by atoms with Gasteiger partial charge in [0.05, 0.1) is 31.9 Å². The zero-order chi connectivity index (χ0) is 27.9. The Morgan fingerprint density at radius 3 is 2.42 bits per heavy atom. The number of rotatable bonds is 19. The molecule has 0 amide bonds. The Morgan fingerprint density at radius 2 is 1.74 bits per heavy atom. The van der Waals surface area contributed by atoms with E-state index < -0.39 is 11.5 Å². The molecule has 6 heteroatoms. The van der Waals surface area contributed by atoms with Crippen molar-refractivity contribution in [3.63, 3.8) is 0 Å². The number of unbranched alkanes of at least 4 members (excludes halogenated alkanes) is 4. The van der Waals surface area contributed by atoms with E-state index in [9.17, 15) is 0 Å². The Balaban J connectivity index is 2.00. The SMILES string of the molecule is CCCCCCC(CC)CC[CH]CNC1COC(C)(C)OC1(CC(C)CCC=C(C)C)NC1COCOC1. The lowest BCUT2D eigenvalue weighted by molar-refractivity contribution is -0.336. The van der Waals surface area contributed by atoms with Crippen LogP contribution in [0.5, 0.6) is 0 Å². The van der Waals surface area contributed by atoms with E-state index >= 15 is 0 Å². The molecular formula is C32H61N2O4. The van der Waals surface area contributed by atoms with Gasteiger partial charge in [0.2, 0.25) is 0 Å². The van der Waals surface area contributed by atoms with Crippen molar-refractivity contribution in [2.45, 2.75) is 143 Å². The van der Waals surface area contributed by atoms with Crippen LogP contribution in [-0.4, -0.2) is 56.8 Å². The van der Waals surface area contributed by atoms with Crippen molar-refractivity contribution in [3.05, 3.63) is 18.1 Å². The highest BCUT2D eigenvalue weighted by atomic mass is 16.7. The summed E-state index contributed by atoms with van der Waals surface area (Å²) in [7, 11) is 0. The van der Waals surface area contributed by atoms with Gasteiger partial charge < -0.3 is 24.3 Å². The van der Waals surface area contributed by atoms with Crippen LogP contribution in [0, 0.1) is 18.3 Å². The molecule has 2 N–H and O–H groups in total. The normalized spacial score (nSPS) is 25.7. The standard InChI is InChI=1S/C32H61N2O4/c1-8-10-11-12-18-28(9-2)19-13-14-20-33-30-24-37-31(6,7)38-32(30,34-29-22-35-25-36-23-29)21-27(5)17-15-16-26(3)4/h14,16,27-30,33-34H,8-13,15,17-25H2,1-7H3. The highest BCUT2D eigenvalue weighted by molar-refractivity contribution is 5.00. The molecule has 0 aromatic heterocycles. The number of nitrogens with one attached hydrogen (secondary N) is 2. The van der Waals surface area contributed by atoms with Gasteiger partial charge in [-0.1, -0.05) is 77.4 Å². The Kier molecular flexibility index (Phi) is 16.0. The molecule has 1 radical (unpaired) electrons. The van der Waals surface area contributed by atoms with Crippen LogP contribution in [0.3, 0.4) is 0 Å². The number of allylic oxidation sites excluding steroid dienone is 2. The van der Waals surface area contributed by atoms with Crippen LogP contribution in [0.1, 0.15) is 119 Å². The van der Waals surface area contributed by atoms with Crippen molar-refractivity contribution in [2.24, 2.45) is 11.8 Å². The first-order chi connectivity index (χ1) is 18.2. The summed E-state index contributed by atoms with van der Waals surface area (Å²) in [6, 6.07) is 0.129. The van der Waals surface area contributed by atoms with Gasteiger partial charge in [0.25, 0.3) is 0 Å². The molecule has 0 bridgehead atoms. The second-order valence-corrected chi connectivity index (χ2v) is 12.5. The largest absolute Gasteiger partial charge is 0.354 e. The predicted molar refractivity (Wildman–Crippen MR) is 158 cm³/mol. The van der Waals surface area contributed by atoms with Gasteiger partial charge in [-0.15, -0.1) is 0 Å². The van der Waals surface area contributed by atoms with Gasteiger partial charge in [0.1, 0.15) is 12.5 Å². The van der Waals surface area contributed by atoms with Crippen molar-refractivity contribution in [1.29, 1.82) is 0 Å². The van der Waals surface area contributed by atoms with Crippen molar-refractivity contribution in [2.75, 3.05) is 33.2 Å². The van der Waals surface area contributed by atoms with Crippen molar-refractivity contribution in [3.8, 4) is 0 Å². The summed E-state index contributed by atoms with van der Waals surface area (Å²) in [4.78, 5) is 0. The molecule has 38 heavy (non-hydrogen) atoms. The summed E-state index contributed by atoms with van der Waals surface area (Å²) >= 11 is 0. The van der Waals surface area contributed by atoms with E-state index in [0.29, 0.717) is 32.5 Å². The zero-order valence-electron chi connectivity index (χ0n) is 25.9. The summed E-state index contributed by atoms with van der Waals surface area (Å²) in [5.74, 6) is 0.680. The van der Waals surface area contributed by atoms with Crippen LogP contribution in [0.25, 0.3) is 0 Å². The number of hydrogen-bond donors (Lipinski definition) is 2. The Bertz CT molecular complexity index is 645. The first kappa shape index (κ1) is 33.7. The van der Waals surface area contributed by atoms with Gasteiger partial charge >= 0.3 is 0 Å². The molecule has 0 spiro atoms. The van der Waals surface area contributed by atoms with Crippen LogP contribution in [-0.2, 0) is 18.9 Å². The summed E-state index contributed by atoms with van der Waals surface area (Å²) in [6.45, 7) is 18.5. The van der Waals surface area contributed by atoms with Crippen molar-refractivity contribution in [1.82, 2.24) is 10.6 Å². The van der Waals surface area contributed by atoms with Gasteiger partial charge in [0, 0.05) is 0 Å². The maximum Gasteiger partial charge on any atom is 0.165 e. The minimum Gasteiger partial charge on any atom is -0.354 e. The van der Waals surface area contributed by atoms with E-state index in [1.807, 2.05) is 13.8 Å². The van der Waals surface area contributed by atoms with Gasteiger partial charge in [-0.05, 0) is 78.2 Å². The second-order valence-electron chi connectivity index (χ2n) is 12.5. The minimum atomic E-state index is -0.656. The van der Waals surface area contributed by atoms with E-state index in [2.05, 4.69) is 57.7 Å². The fourth-order valence-corrected chi connectivity index (χ4v) is 5.84. The molecule has 223 valence electrons. The van der Waals surface area contributed by atoms with Crippen LogP contribution in [0.2, 0.25) is 0 Å². The lowest BCUT2D eigenvalue weighted by Crippen LogP contribution is -2.72. The quantitative estimate of drug-likeness (QED) is 0.135. The molecule has 0 aromatic carbocycles.